The van der Waals surface area contributed by atoms with Gasteiger partial charge in [-0.15, -0.1) is 11.3 Å². The lowest BCUT2D eigenvalue weighted by Crippen LogP contribution is -2.28. The molecule has 1 amide bonds. The number of carboxylic acid groups (broad SMARTS) is 1. The SMILES string of the molecule is CCCn1c(=O)n(CCC(=O)NCc2nc(C(=O)O)cs2)c2ccccc21. The highest BCUT2D eigenvalue weighted by molar-refractivity contribution is 7.09. The fraction of sp³-hybridized carbons (Fsp3) is 0.333. The third-order valence-electron chi connectivity index (χ3n) is 4.14. The molecule has 8 nitrogen and oxygen atoms in total. The number of carbonyl (C=O) groups is 2. The number of imidazole rings is 1. The van der Waals surface area contributed by atoms with E-state index in [0.29, 0.717) is 11.6 Å². The van der Waals surface area contributed by atoms with Crippen LogP contribution in [-0.2, 0) is 24.4 Å². The van der Waals surface area contributed by atoms with Crippen LogP contribution in [0, 0.1) is 0 Å². The van der Waals surface area contributed by atoms with E-state index in [0.717, 1.165) is 17.5 Å². The van der Waals surface area contributed by atoms with Crippen LogP contribution in [0.25, 0.3) is 11.0 Å². The number of benzene rings is 1. The van der Waals surface area contributed by atoms with E-state index in [1.165, 1.54) is 16.7 Å². The number of nitrogens with one attached hydrogen (secondary N) is 1. The predicted octanol–water partition coefficient (Wildman–Crippen LogP) is 2.07. The van der Waals surface area contributed by atoms with Gasteiger partial charge in [0, 0.05) is 24.9 Å². The van der Waals surface area contributed by atoms with E-state index in [1.54, 1.807) is 9.13 Å². The van der Waals surface area contributed by atoms with Crippen LogP contribution >= 0.6 is 11.3 Å². The quantitative estimate of drug-likeness (QED) is 0.614. The number of aromatic nitrogens is 3. The van der Waals surface area contributed by atoms with Gasteiger partial charge in [-0.05, 0) is 18.6 Å². The van der Waals surface area contributed by atoms with Gasteiger partial charge in [0.05, 0.1) is 17.6 Å². The van der Waals surface area contributed by atoms with Crippen molar-refractivity contribution in [2.24, 2.45) is 0 Å². The van der Waals surface area contributed by atoms with Crippen LogP contribution < -0.4 is 11.0 Å². The number of hydrogen-bond donors (Lipinski definition) is 2. The summed E-state index contributed by atoms with van der Waals surface area (Å²) in [5.74, 6) is -1.31. The van der Waals surface area contributed by atoms with Crippen LogP contribution in [0.15, 0.2) is 34.4 Å². The lowest BCUT2D eigenvalue weighted by Gasteiger charge is -2.05. The minimum absolute atomic E-state index is 0.0282. The normalized spacial score (nSPS) is 11.0. The van der Waals surface area contributed by atoms with Crippen LogP contribution in [0.3, 0.4) is 0 Å². The summed E-state index contributed by atoms with van der Waals surface area (Å²) in [4.78, 5) is 39.6. The maximum absolute atomic E-state index is 12.7. The summed E-state index contributed by atoms with van der Waals surface area (Å²) in [6.07, 6.45) is 0.998. The van der Waals surface area contributed by atoms with E-state index < -0.39 is 5.97 Å². The number of carboxylic acids is 1. The molecule has 0 aliphatic heterocycles. The predicted molar refractivity (Wildman–Crippen MR) is 102 cm³/mol. The summed E-state index contributed by atoms with van der Waals surface area (Å²) >= 11 is 1.18. The molecule has 2 aromatic heterocycles. The standard InChI is InChI=1S/C18H20N4O4S/c1-2-8-21-13-5-3-4-6-14(13)22(18(21)26)9-7-15(23)19-10-16-20-12(11-27-16)17(24)25/h3-6,11H,2,7-10H2,1H3,(H,19,23)(H,24,25). The van der Waals surface area contributed by atoms with Gasteiger partial charge >= 0.3 is 11.7 Å². The molecule has 0 unspecified atom stereocenters. The van der Waals surface area contributed by atoms with Crippen LogP contribution in [0.1, 0.15) is 35.3 Å². The van der Waals surface area contributed by atoms with Gasteiger partial charge in [-0.1, -0.05) is 19.1 Å². The molecule has 0 saturated heterocycles. The Kier molecular flexibility index (Phi) is 5.70. The van der Waals surface area contributed by atoms with E-state index in [1.807, 2.05) is 31.2 Å². The highest BCUT2D eigenvalue weighted by atomic mass is 32.1. The molecule has 0 aliphatic rings. The van der Waals surface area contributed by atoms with Gasteiger partial charge in [0.15, 0.2) is 5.69 Å². The lowest BCUT2D eigenvalue weighted by molar-refractivity contribution is -0.121. The van der Waals surface area contributed by atoms with Crippen molar-refractivity contribution in [3.05, 3.63) is 50.8 Å². The van der Waals surface area contributed by atoms with Gasteiger partial charge in [-0.3, -0.25) is 13.9 Å². The van der Waals surface area contributed by atoms with E-state index in [4.69, 9.17) is 5.11 Å². The Morgan fingerprint density at radius 2 is 1.85 bits per heavy atom. The molecule has 0 saturated carbocycles. The van der Waals surface area contributed by atoms with Crippen molar-refractivity contribution in [2.75, 3.05) is 0 Å². The largest absolute Gasteiger partial charge is 0.476 e. The Morgan fingerprint density at radius 3 is 2.44 bits per heavy atom. The molecule has 2 heterocycles. The first-order valence-corrected chi connectivity index (χ1v) is 9.51. The second-order valence-electron chi connectivity index (χ2n) is 6.03. The fourth-order valence-electron chi connectivity index (χ4n) is 2.89. The molecule has 9 heteroatoms. The van der Waals surface area contributed by atoms with E-state index in [-0.39, 0.29) is 36.8 Å². The van der Waals surface area contributed by atoms with E-state index >= 15 is 0 Å². The second kappa shape index (κ2) is 8.17. The Bertz CT molecular complexity index is 1030. The van der Waals surface area contributed by atoms with Gasteiger partial charge in [0.25, 0.3) is 0 Å². The van der Waals surface area contributed by atoms with Crippen LogP contribution in [-0.4, -0.2) is 31.1 Å². The zero-order valence-corrected chi connectivity index (χ0v) is 15.7. The van der Waals surface area contributed by atoms with E-state index in [9.17, 15) is 14.4 Å². The first-order chi connectivity index (χ1) is 13.0. The number of hydrogen-bond acceptors (Lipinski definition) is 5. The molecule has 0 fully saturated rings. The number of amides is 1. The summed E-state index contributed by atoms with van der Waals surface area (Å²) in [5.41, 5.74) is 1.54. The summed E-state index contributed by atoms with van der Waals surface area (Å²) in [6, 6.07) is 7.55. The van der Waals surface area contributed by atoms with Gasteiger partial charge in [-0.25, -0.2) is 14.6 Å². The number of fused-ring (bicyclic) bond motifs is 1. The summed E-state index contributed by atoms with van der Waals surface area (Å²) in [5, 5.41) is 13.5. The lowest BCUT2D eigenvalue weighted by atomic mass is 10.3. The molecular weight excluding hydrogens is 368 g/mol. The zero-order valence-electron chi connectivity index (χ0n) is 14.8. The van der Waals surface area contributed by atoms with Crippen LogP contribution in [0.2, 0.25) is 0 Å². The highest BCUT2D eigenvalue weighted by Gasteiger charge is 2.14. The van der Waals surface area contributed by atoms with Crippen molar-refractivity contribution in [3.8, 4) is 0 Å². The average molecular weight is 388 g/mol. The summed E-state index contributed by atoms with van der Waals surface area (Å²) in [7, 11) is 0. The molecule has 0 aliphatic carbocycles. The highest BCUT2D eigenvalue weighted by Crippen LogP contribution is 2.14. The number of para-hydroxylation sites is 2. The first-order valence-electron chi connectivity index (χ1n) is 8.63. The Labute approximate surface area is 159 Å². The van der Waals surface area contributed by atoms with Crippen LogP contribution in [0.4, 0.5) is 0 Å². The van der Waals surface area contributed by atoms with Crippen molar-refractivity contribution in [2.45, 2.75) is 39.4 Å². The monoisotopic (exact) mass is 388 g/mol. The summed E-state index contributed by atoms with van der Waals surface area (Å²) in [6.45, 7) is 3.10. The number of carbonyl (C=O) groups excluding carboxylic acids is 1. The average Bonchev–Trinajstić information content (AvgIpc) is 3.23. The van der Waals surface area contributed by atoms with Crippen molar-refractivity contribution < 1.29 is 14.7 Å². The Balaban J connectivity index is 1.65. The molecule has 142 valence electrons. The molecule has 3 aromatic rings. The first kappa shape index (κ1) is 18.8. The molecule has 2 N–H and O–H groups in total. The topological polar surface area (TPSA) is 106 Å². The van der Waals surface area contributed by atoms with E-state index in [2.05, 4.69) is 10.3 Å². The van der Waals surface area contributed by atoms with Crippen molar-refractivity contribution in [3.63, 3.8) is 0 Å². The molecule has 27 heavy (non-hydrogen) atoms. The molecule has 0 radical (unpaired) electrons. The third kappa shape index (κ3) is 4.08. The summed E-state index contributed by atoms with van der Waals surface area (Å²) < 4.78 is 3.35. The Hall–Kier alpha value is -2.94. The molecule has 0 atom stereocenters. The fourth-order valence-corrected chi connectivity index (χ4v) is 3.60. The number of rotatable bonds is 8. The van der Waals surface area contributed by atoms with Gasteiger partial charge in [0.2, 0.25) is 5.91 Å². The minimum Gasteiger partial charge on any atom is -0.476 e. The van der Waals surface area contributed by atoms with Crippen molar-refractivity contribution in [1.29, 1.82) is 0 Å². The van der Waals surface area contributed by atoms with Crippen molar-refractivity contribution in [1.82, 2.24) is 19.4 Å². The second-order valence-corrected chi connectivity index (χ2v) is 6.98. The smallest absolute Gasteiger partial charge is 0.355 e. The number of aromatic carboxylic acids is 1. The van der Waals surface area contributed by atoms with Gasteiger partial charge in [0.1, 0.15) is 5.01 Å². The molecule has 0 spiro atoms. The number of nitrogens with zero attached hydrogens (tertiary/aromatic N) is 3. The Morgan fingerprint density at radius 1 is 1.19 bits per heavy atom. The maximum Gasteiger partial charge on any atom is 0.355 e. The zero-order chi connectivity index (χ0) is 19.4. The molecule has 1 aromatic carbocycles. The molecule has 0 bridgehead atoms. The van der Waals surface area contributed by atoms with Crippen molar-refractivity contribution >= 4 is 34.2 Å². The number of thiazole rings is 1. The minimum atomic E-state index is -1.09. The third-order valence-corrected chi connectivity index (χ3v) is 4.99. The van der Waals surface area contributed by atoms with Gasteiger partial charge in [-0.2, -0.15) is 0 Å². The number of aryl methyl sites for hydroxylation is 2. The molecular formula is C18H20N4O4S. The van der Waals surface area contributed by atoms with Crippen LogP contribution in [0.5, 0.6) is 0 Å². The van der Waals surface area contributed by atoms with Gasteiger partial charge < -0.3 is 10.4 Å². The maximum atomic E-state index is 12.7. The molecule has 3 rings (SSSR count).